The summed E-state index contributed by atoms with van der Waals surface area (Å²) in [6, 6.07) is 10.3. The van der Waals surface area contributed by atoms with Gasteiger partial charge in [-0.3, -0.25) is 4.68 Å². The Morgan fingerprint density at radius 3 is 2.41 bits per heavy atom. The van der Waals surface area contributed by atoms with Crippen molar-refractivity contribution in [1.29, 1.82) is 0 Å². The maximum atomic E-state index is 12.6. The van der Waals surface area contributed by atoms with Gasteiger partial charge in [0.05, 0.1) is 28.0 Å². The number of alkyl halides is 3. The molecule has 22 heavy (non-hydrogen) atoms. The van der Waals surface area contributed by atoms with Gasteiger partial charge in [-0.2, -0.15) is 18.3 Å². The molecule has 0 saturated carbocycles. The van der Waals surface area contributed by atoms with Crippen molar-refractivity contribution in [3.8, 4) is 0 Å². The second kappa shape index (κ2) is 5.21. The first kappa shape index (κ1) is 14.7. The van der Waals surface area contributed by atoms with Crippen LogP contribution in [0.25, 0.3) is 10.9 Å². The van der Waals surface area contributed by atoms with E-state index in [1.807, 2.05) is 6.07 Å². The maximum absolute atomic E-state index is 12.6. The third-order valence-corrected chi connectivity index (χ3v) is 3.68. The summed E-state index contributed by atoms with van der Waals surface area (Å²) in [5, 5.41) is 5.35. The Morgan fingerprint density at radius 2 is 1.77 bits per heavy atom. The topological polar surface area (TPSA) is 43.8 Å². The zero-order chi connectivity index (χ0) is 15.9. The summed E-state index contributed by atoms with van der Waals surface area (Å²) in [6.07, 6.45) is -4.34. The Bertz CT molecular complexity index is 822. The highest BCUT2D eigenvalue weighted by Gasteiger charge is 2.29. The van der Waals surface area contributed by atoms with Crippen molar-refractivity contribution in [2.24, 2.45) is 0 Å². The smallest absolute Gasteiger partial charge is 0.382 e. The summed E-state index contributed by atoms with van der Waals surface area (Å²) in [5.41, 5.74) is 6.60. The minimum Gasteiger partial charge on any atom is -0.382 e. The van der Waals surface area contributed by atoms with E-state index in [0.29, 0.717) is 28.3 Å². The molecule has 0 radical (unpaired) electrons. The van der Waals surface area contributed by atoms with E-state index in [1.54, 1.807) is 16.8 Å². The second-order valence-corrected chi connectivity index (χ2v) is 5.28. The molecule has 3 nitrogen and oxygen atoms in total. The average molecular weight is 326 g/mol. The number of hydrogen-bond donors (Lipinski definition) is 1. The number of benzene rings is 2. The van der Waals surface area contributed by atoms with Gasteiger partial charge in [-0.25, -0.2) is 0 Å². The summed E-state index contributed by atoms with van der Waals surface area (Å²) in [6.45, 7) is 0.312. The first-order valence-electron chi connectivity index (χ1n) is 6.43. The number of hydrogen-bond acceptors (Lipinski definition) is 2. The molecule has 2 aromatic carbocycles. The molecule has 1 aromatic heterocycles. The molecule has 0 spiro atoms. The maximum Gasteiger partial charge on any atom is 0.416 e. The molecule has 1 heterocycles. The van der Waals surface area contributed by atoms with Crippen molar-refractivity contribution in [2.45, 2.75) is 12.7 Å². The van der Waals surface area contributed by atoms with Crippen LogP contribution in [0.1, 0.15) is 11.1 Å². The predicted molar refractivity (Wildman–Crippen MR) is 79.7 cm³/mol. The second-order valence-electron chi connectivity index (χ2n) is 4.87. The molecular weight excluding hydrogens is 315 g/mol. The molecule has 3 aromatic rings. The van der Waals surface area contributed by atoms with E-state index in [0.717, 1.165) is 17.6 Å². The van der Waals surface area contributed by atoms with Crippen LogP contribution in [0, 0.1) is 0 Å². The number of nitrogen functional groups attached to an aromatic ring is 1. The lowest BCUT2D eigenvalue weighted by Gasteiger charge is -2.08. The molecule has 2 N–H and O–H groups in total. The molecule has 0 saturated heterocycles. The summed E-state index contributed by atoms with van der Waals surface area (Å²) in [4.78, 5) is 0. The Morgan fingerprint density at radius 1 is 1.09 bits per heavy atom. The van der Waals surface area contributed by atoms with Crippen molar-refractivity contribution >= 4 is 28.3 Å². The van der Waals surface area contributed by atoms with Gasteiger partial charge in [-0.1, -0.05) is 29.8 Å². The molecule has 0 atom stereocenters. The van der Waals surface area contributed by atoms with Crippen molar-refractivity contribution in [3.63, 3.8) is 0 Å². The highest BCUT2D eigenvalue weighted by molar-refractivity contribution is 6.36. The van der Waals surface area contributed by atoms with Gasteiger partial charge in [-0.05, 0) is 29.8 Å². The normalized spacial score (nSPS) is 12.0. The van der Waals surface area contributed by atoms with E-state index >= 15 is 0 Å². The fourth-order valence-corrected chi connectivity index (χ4v) is 2.57. The van der Waals surface area contributed by atoms with Gasteiger partial charge >= 0.3 is 6.18 Å². The van der Waals surface area contributed by atoms with Crippen LogP contribution < -0.4 is 5.73 Å². The average Bonchev–Trinajstić information content (AvgIpc) is 2.76. The van der Waals surface area contributed by atoms with Crippen LogP contribution in [0.3, 0.4) is 0 Å². The molecule has 0 aliphatic heterocycles. The van der Waals surface area contributed by atoms with Crippen LogP contribution in [-0.2, 0) is 12.7 Å². The van der Waals surface area contributed by atoms with Gasteiger partial charge in [0, 0.05) is 0 Å². The highest BCUT2D eigenvalue weighted by Crippen LogP contribution is 2.30. The molecule has 0 aliphatic carbocycles. The van der Waals surface area contributed by atoms with Gasteiger partial charge in [0.25, 0.3) is 0 Å². The van der Waals surface area contributed by atoms with Crippen LogP contribution in [0.5, 0.6) is 0 Å². The minimum absolute atomic E-state index is 0.299. The molecule has 0 aliphatic rings. The lowest BCUT2D eigenvalue weighted by molar-refractivity contribution is -0.137. The highest BCUT2D eigenvalue weighted by atomic mass is 35.5. The van der Waals surface area contributed by atoms with Gasteiger partial charge in [-0.15, -0.1) is 0 Å². The zero-order valence-corrected chi connectivity index (χ0v) is 12.0. The number of rotatable bonds is 2. The molecule has 7 heteroatoms. The van der Waals surface area contributed by atoms with Crippen molar-refractivity contribution < 1.29 is 13.2 Å². The molecule has 0 bridgehead atoms. The van der Waals surface area contributed by atoms with E-state index in [-0.39, 0.29) is 0 Å². The van der Waals surface area contributed by atoms with Crippen molar-refractivity contribution in [1.82, 2.24) is 9.78 Å². The Balaban J connectivity index is 1.95. The SMILES string of the molecule is Nc1nn(Cc2ccc(C(F)(F)F)cc2)c2cccc(Cl)c12. The van der Waals surface area contributed by atoms with Crippen LogP contribution >= 0.6 is 11.6 Å². The molecule has 114 valence electrons. The van der Waals surface area contributed by atoms with E-state index in [2.05, 4.69) is 5.10 Å². The molecule has 0 unspecified atom stereocenters. The Labute approximate surface area is 129 Å². The van der Waals surface area contributed by atoms with E-state index in [9.17, 15) is 13.2 Å². The molecule has 0 amide bonds. The van der Waals surface area contributed by atoms with Crippen LogP contribution in [0.15, 0.2) is 42.5 Å². The number of halogens is 4. The standard InChI is InChI=1S/C15H11ClF3N3/c16-11-2-1-3-12-13(11)14(20)21-22(12)8-9-4-6-10(7-5-9)15(17,18)19/h1-7H,8H2,(H2,20,21). The summed E-state index contributed by atoms with van der Waals surface area (Å²) >= 11 is 6.09. The lowest BCUT2D eigenvalue weighted by atomic mass is 10.1. The summed E-state index contributed by atoms with van der Waals surface area (Å²) < 4.78 is 39.3. The van der Waals surface area contributed by atoms with Crippen molar-refractivity contribution in [2.75, 3.05) is 5.73 Å². The Hall–Kier alpha value is -2.21. The van der Waals surface area contributed by atoms with Gasteiger partial charge in [0.15, 0.2) is 5.82 Å². The number of nitrogens with two attached hydrogens (primary N) is 1. The number of anilines is 1. The molecule has 0 fully saturated rings. The third kappa shape index (κ3) is 2.62. The third-order valence-electron chi connectivity index (χ3n) is 3.37. The largest absolute Gasteiger partial charge is 0.416 e. The van der Waals surface area contributed by atoms with Crippen LogP contribution in [0.4, 0.5) is 19.0 Å². The number of nitrogens with zero attached hydrogens (tertiary/aromatic N) is 2. The fourth-order valence-electron chi connectivity index (χ4n) is 2.31. The first-order chi connectivity index (χ1) is 10.4. The Kier molecular flexibility index (Phi) is 3.48. The van der Waals surface area contributed by atoms with E-state index in [1.165, 1.54) is 12.1 Å². The number of fused-ring (bicyclic) bond motifs is 1. The van der Waals surface area contributed by atoms with Gasteiger partial charge in [0.2, 0.25) is 0 Å². The fraction of sp³-hybridized carbons (Fsp3) is 0.133. The quantitative estimate of drug-likeness (QED) is 0.761. The summed E-state index contributed by atoms with van der Waals surface area (Å²) in [5.74, 6) is 0.299. The first-order valence-corrected chi connectivity index (χ1v) is 6.80. The van der Waals surface area contributed by atoms with E-state index in [4.69, 9.17) is 17.3 Å². The lowest BCUT2D eigenvalue weighted by Crippen LogP contribution is -2.06. The zero-order valence-electron chi connectivity index (χ0n) is 11.2. The van der Waals surface area contributed by atoms with Gasteiger partial charge < -0.3 is 5.73 Å². The predicted octanol–water partition coefficient (Wildman–Crippen LogP) is 4.34. The molecule has 3 rings (SSSR count). The van der Waals surface area contributed by atoms with E-state index < -0.39 is 11.7 Å². The summed E-state index contributed by atoms with van der Waals surface area (Å²) in [7, 11) is 0. The van der Waals surface area contributed by atoms with Crippen molar-refractivity contribution in [3.05, 3.63) is 58.6 Å². The number of aromatic nitrogens is 2. The van der Waals surface area contributed by atoms with Crippen LogP contribution in [0.2, 0.25) is 5.02 Å². The monoisotopic (exact) mass is 325 g/mol. The minimum atomic E-state index is -4.34. The van der Waals surface area contributed by atoms with Gasteiger partial charge in [0.1, 0.15) is 0 Å². The molecular formula is C15H11ClF3N3. The van der Waals surface area contributed by atoms with Crippen LogP contribution in [-0.4, -0.2) is 9.78 Å².